The molecule has 2 aromatic rings. The fraction of sp³-hybridized carbons (Fsp3) is 0.350. The van der Waals surface area contributed by atoms with Crippen molar-refractivity contribution in [1.82, 2.24) is 0 Å². The molecular formula is C20H26N2O4S. The SMILES string of the molecule is CCOc1ccc(N([C@@H](C)C(=O)Nc2ccccc2CC)S(C)(=O)=O)cc1. The van der Waals surface area contributed by atoms with E-state index in [1.807, 2.05) is 38.1 Å². The van der Waals surface area contributed by atoms with Gasteiger partial charge in [-0.25, -0.2) is 8.42 Å². The number of hydrogen-bond donors (Lipinski definition) is 1. The van der Waals surface area contributed by atoms with E-state index in [9.17, 15) is 13.2 Å². The van der Waals surface area contributed by atoms with Crippen LogP contribution in [0.5, 0.6) is 5.75 Å². The molecule has 0 saturated heterocycles. The number of aryl methyl sites for hydroxylation is 1. The highest BCUT2D eigenvalue weighted by atomic mass is 32.2. The summed E-state index contributed by atoms with van der Waals surface area (Å²) in [5.41, 5.74) is 2.09. The maximum atomic E-state index is 12.8. The molecule has 1 amide bonds. The van der Waals surface area contributed by atoms with Gasteiger partial charge in [-0.1, -0.05) is 25.1 Å². The van der Waals surface area contributed by atoms with Crippen molar-refractivity contribution < 1.29 is 17.9 Å². The molecule has 0 saturated carbocycles. The third-order valence-electron chi connectivity index (χ3n) is 4.15. The van der Waals surface area contributed by atoms with Gasteiger partial charge in [-0.2, -0.15) is 0 Å². The molecule has 0 radical (unpaired) electrons. The number of sulfonamides is 1. The van der Waals surface area contributed by atoms with Gasteiger partial charge in [0.2, 0.25) is 15.9 Å². The van der Waals surface area contributed by atoms with Crippen LogP contribution in [-0.2, 0) is 21.2 Å². The van der Waals surface area contributed by atoms with E-state index in [0.717, 1.165) is 22.5 Å². The number of rotatable bonds is 8. The van der Waals surface area contributed by atoms with Gasteiger partial charge in [-0.05, 0) is 56.2 Å². The molecule has 27 heavy (non-hydrogen) atoms. The Morgan fingerprint density at radius 1 is 1.11 bits per heavy atom. The van der Waals surface area contributed by atoms with E-state index in [0.29, 0.717) is 23.7 Å². The number of nitrogens with zero attached hydrogens (tertiary/aromatic N) is 1. The molecule has 0 spiro atoms. The third kappa shape index (κ3) is 5.23. The lowest BCUT2D eigenvalue weighted by atomic mass is 10.1. The van der Waals surface area contributed by atoms with Crippen LogP contribution in [0, 0.1) is 0 Å². The molecule has 0 unspecified atom stereocenters. The number of para-hydroxylation sites is 1. The maximum absolute atomic E-state index is 12.8. The van der Waals surface area contributed by atoms with Gasteiger partial charge >= 0.3 is 0 Å². The molecule has 0 aromatic heterocycles. The van der Waals surface area contributed by atoms with Crippen molar-refractivity contribution in [3.63, 3.8) is 0 Å². The first-order valence-electron chi connectivity index (χ1n) is 8.89. The third-order valence-corrected chi connectivity index (χ3v) is 5.39. The number of hydrogen-bond acceptors (Lipinski definition) is 4. The lowest BCUT2D eigenvalue weighted by molar-refractivity contribution is -0.116. The standard InChI is InChI=1S/C20H26N2O4S/c1-5-16-9-7-8-10-19(16)21-20(23)15(3)22(27(4,24)25)17-11-13-18(14-12-17)26-6-2/h7-15H,5-6H2,1-4H3,(H,21,23)/t15-/m0/s1. The number of carbonyl (C=O) groups is 1. The molecule has 0 bridgehead atoms. The minimum Gasteiger partial charge on any atom is -0.494 e. The largest absolute Gasteiger partial charge is 0.494 e. The van der Waals surface area contributed by atoms with Crippen LogP contribution in [0.25, 0.3) is 0 Å². The van der Waals surface area contributed by atoms with Gasteiger partial charge in [0.15, 0.2) is 0 Å². The highest BCUT2D eigenvalue weighted by molar-refractivity contribution is 7.92. The van der Waals surface area contributed by atoms with E-state index >= 15 is 0 Å². The molecule has 2 aromatic carbocycles. The summed E-state index contributed by atoms with van der Waals surface area (Å²) in [7, 11) is -3.66. The number of benzene rings is 2. The number of anilines is 2. The van der Waals surface area contributed by atoms with Crippen LogP contribution in [0.1, 0.15) is 26.3 Å². The van der Waals surface area contributed by atoms with Gasteiger partial charge in [-0.15, -0.1) is 0 Å². The summed E-state index contributed by atoms with van der Waals surface area (Å²) in [5, 5.41) is 2.85. The monoisotopic (exact) mass is 390 g/mol. The maximum Gasteiger partial charge on any atom is 0.248 e. The van der Waals surface area contributed by atoms with E-state index in [2.05, 4.69) is 5.32 Å². The Morgan fingerprint density at radius 3 is 2.30 bits per heavy atom. The Labute approximate surface area is 161 Å². The molecule has 7 heteroatoms. The molecular weight excluding hydrogens is 364 g/mol. The smallest absolute Gasteiger partial charge is 0.248 e. The summed E-state index contributed by atoms with van der Waals surface area (Å²) in [4.78, 5) is 12.8. The van der Waals surface area contributed by atoms with E-state index in [4.69, 9.17) is 4.74 Å². The summed E-state index contributed by atoms with van der Waals surface area (Å²) in [5.74, 6) is 0.249. The van der Waals surface area contributed by atoms with Crippen LogP contribution in [0.4, 0.5) is 11.4 Å². The number of nitrogens with one attached hydrogen (secondary N) is 1. The van der Waals surface area contributed by atoms with E-state index in [1.54, 1.807) is 31.2 Å². The second-order valence-electron chi connectivity index (χ2n) is 6.16. The number of ether oxygens (including phenoxy) is 1. The van der Waals surface area contributed by atoms with Gasteiger partial charge in [0.25, 0.3) is 0 Å². The molecule has 0 aliphatic heterocycles. The van der Waals surface area contributed by atoms with E-state index in [1.165, 1.54) is 0 Å². The van der Waals surface area contributed by atoms with Gasteiger partial charge in [0.1, 0.15) is 11.8 Å². The fourth-order valence-electron chi connectivity index (χ4n) is 2.85. The average Bonchev–Trinajstić information content (AvgIpc) is 2.62. The second-order valence-corrected chi connectivity index (χ2v) is 8.02. The highest BCUT2D eigenvalue weighted by Gasteiger charge is 2.29. The van der Waals surface area contributed by atoms with Gasteiger partial charge < -0.3 is 10.1 Å². The first-order chi connectivity index (χ1) is 12.8. The summed E-state index contributed by atoms with van der Waals surface area (Å²) in [6, 6.07) is 13.2. The van der Waals surface area contributed by atoms with Crippen LogP contribution in [0.3, 0.4) is 0 Å². The van der Waals surface area contributed by atoms with Crippen molar-refractivity contribution in [1.29, 1.82) is 0 Å². The average molecular weight is 391 g/mol. The highest BCUT2D eigenvalue weighted by Crippen LogP contribution is 2.25. The summed E-state index contributed by atoms with van der Waals surface area (Å²) >= 11 is 0. The molecule has 0 aliphatic carbocycles. The summed E-state index contributed by atoms with van der Waals surface area (Å²) in [6.07, 6.45) is 1.85. The molecule has 2 rings (SSSR count). The Morgan fingerprint density at radius 2 is 1.74 bits per heavy atom. The fourth-order valence-corrected chi connectivity index (χ4v) is 4.03. The minimum absolute atomic E-state index is 0.393. The lowest BCUT2D eigenvalue weighted by Crippen LogP contribution is -2.45. The normalized spacial score (nSPS) is 12.3. The quantitative estimate of drug-likeness (QED) is 0.749. The first kappa shape index (κ1) is 20.8. The molecule has 1 atom stereocenters. The van der Waals surface area contributed by atoms with Gasteiger partial charge in [0.05, 0.1) is 18.6 Å². The Balaban J connectivity index is 2.29. The number of carbonyl (C=O) groups excluding carboxylic acids is 1. The molecule has 146 valence electrons. The molecule has 0 heterocycles. The molecule has 0 fully saturated rings. The molecule has 6 nitrogen and oxygen atoms in total. The molecule has 1 N–H and O–H groups in total. The van der Waals surface area contributed by atoms with E-state index in [-0.39, 0.29) is 0 Å². The zero-order valence-corrected chi connectivity index (χ0v) is 16.9. The van der Waals surface area contributed by atoms with Crippen molar-refractivity contribution in [2.45, 2.75) is 33.2 Å². The predicted molar refractivity (Wildman–Crippen MR) is 109 cm³/mol. The Hall–Kier alpha value is -2.54. The summed E-state index contributed by atoms with van der Waals surface area (Å²) in [6.45, 7) is 5.96. The summed E-state index contributed by atoms with van der Waals surface area (Å²) < 4.78 is 31.3. The zero-order valence-electron chi connectivity index (χ0n) is 16.1. The van der Waals surface area contributed by atoms with Crippen LogP contribution in [0.15, 0.2) is 48.5 Å². The Kier molecular flexibility index (Phi) is 6.85. The topological polar surface area (TPSA) is 75.7 Å². The van der Waals surface area contributed by atoms with Crippen molar-refractivity contribution in [2.24, 2.45) is 0 Å². The van der Waals surface area contributed by atoms with Crippen LogP contribution in [-0.4, -0.2) is 33.2 Å². The van der Waals surface area contributed by atoms with Crippen molar-refractivity contribution in [3.05, 3.63) is 54.1 Å². The Bertz CT molecular complexity index is 879. The second kappa shape index (κ2) is 8.90. The molecule has 0 aliphatic rings. The van der Waals surface area contributed by atoms with Crippen molar-refractivity contribution in [2.75, 3.05) is 22.5 Å². The van der Waals surface area contributed by atoms with E-state index < -0.39 is 22.0 Å². The van der Waals surface area contributed by atoms with Crippen LogP contribution >= 0.6 is 0 Å². The van der Waals surface area contributed by atoms with Crippen LogP contribution in [0.2, 0.25) is 0 Å². The van der Waals surface area contributed by atoms with Crippen molar-refractivity contribution >= 4 is 27.3 Å². The first-order valence-corrected chi connectivity index (χ1v) is 10.7. The predicted octanol–water partition coefficient (Wildman–Crippen LogP) is 3.44. The van der Waals surface area contributed by atoms with Gasteiger partial charge in [-0.3, -0.25) is 9.10 Å². The van der Waals surface area contributed by atoms with Crippen LogP contribution < -0.4 is 14.4 Å². The lowest BCUT2D eigenvalue weighted by Gasteiger charge is -2.28. The minimum atomic E-state index is -3.66. The van der Waals surface area contributed by atoms with Gasteiger partial charge in [0, 0.05) is 5.69 Å². The van der Waals surface area contributed by atoms with Crippen molar-refractivity contribution in [3.8, 4) is 5.75 Å². The number of amides is 1. The zero-order chi connectivity index (χ0) is 20.0.